The van der Waals surface area contributed by atoms with Crippen LogP contribution in [-0.4, -0.2) is 5.91 Å². The van der Waals surface area contributed by atoms with Gasteiger partial charge >= 0.3 is 0 Å². The van der Waals surface area contributed by atoms with E-state index in [1.165, 1.54) is 6.08 Å². The van der Waals surface area contributed by atoms with E-state index in [4.69, 9.17) is 5.73 Å². The van der Waals surface area contributed by atoms with Crippen molar-refractivity contribution in [1.82, 2.24) is 0 Å². The first-order valence-corrected chi connectivity index (χ1v) is 7.36. The number of carbonyl (C=O) groups is 1. The second kappa shape index (κ2) is 6.59. The molecule has 0 aliphatic rings. The highest BCUT2D eigenvalue weighted by Gasteiger charge is 2.04. The summed E-state index contributed by atoms with van der Waals surface area (Å²) in [5, 5.41) is 2.86. The van der Waals surface area contributed by atoms with Crippen molar-refractivity contribution in [2.24, 2.45) is 0 Å². The molecule has 2 aromatic rings. The Morgan fingerprint density at radius 1 is 1.14 bits per heavy atom. The van der Waals surface area contributed by atoms with Crippen LogP contribution < -0.4 is 11.1 Å². The first-order chi connectivity index (χ1) is 9.95. The number of anilines is 2. The molecular formula is C17H17BrN2O. The summed E-state index contributed by atoms with van der Waals surface area (Å²) in [7, 11) is 0. The van der Waals surface area contributed by atoms with E-state index in [0.29, 0.717) is 5.69 Å². The quantitative estimate of drug-likeness (QED) is 0.644. The molecule has 2 rings (SSSR count). The molecule has 0 aliphatic carbocycles. The fourth-order valence-electron chi connectivity index (χ4n) is 1.98. The highest BCUT2D eigenvalue weighted by Crippen LogP contribution is 2.25. The molecule has 3 N–H and O–H groups in total. The Morgan fingerprint density at radius 3 is 2.29 bits per heavy atom. The van der Waals surface area contributed by atoms with Gasteiger partial charge in [-0.3, -0.25) is 4.79 Å². The van der Waals surface area contributed by atoms with Crippen LogP contribution in [-0.2, 0) is 4.79 Å². The zero-order chi connectivity index (χ0) is 15.4. The van der Waals surface area contributed by atoms with Crippen LogP contribution in [0.15, 0.2) is 46.9 Å². The zero-order valence-corrected chi connectivity index (χ0v) is 13.6. The standard InChI is InChI=1S/C17H17BrN2O/c1-11-9-15(10-12(2)17(11)18)20-16(21)8-5-13-3-6-14(19)7-4-13/h3-10H,19H2,1-2H3,(H,20,21)/b8-5+. The molecule has 0 bridgehead atoms. The van der Waals surface area contributed by atoms with Gasteiger partial charge in [0.05, 0.1) is 0 Å². The second-order valence-corrected chi connectivity index (χ2v) is 5.71. The number of amides is 1. The van der Waals surface area contributed by atoms with Gasteiger partial charge in [0.1, 0.15) is 0 Å². The maximum atomic E-state index is 11.9. The normalized spacial score (nSPS) is 10.8. The number of benzene rings is 2. The summed E-state index contributed by atoms with van der Waals surface area (Å²) >= 11 is 3.51. The topological polar surface area (TPSA) is 55.1 Å². The lowest BCUT2D eigenvalue weighted by Gasteiger charge is -2.08. The first kappa shape index (κ1) is 15.3. The Hall–Kier alpha value is -2.07. The van der Waals surface area contributed by atoms with Gasteiger partial charge in [0.25, 0.3) is 0 Å². The monoisotopic (exact) mass is 344 g/mol. The molecule has 0 saturated heterocycles. The number of carbonyl (C=O) groups excluding carboxylic acids is 1. The average molecular weight is 345 g/mol. The number of nitrogens with one attached hydrogen (secondary N) is 1. The van der Waals surface area contributed by atoms with Crippen molar-refractivity contribution in [3.05, 3.63) is 63.6 Å². The van der Waals surface area contributed by atoms with Crippen molar-refractivity contribution in [3.8, 4) is 0 Å². The third kappa shape index (κ3) is 4.20. The molecule has 0 fully saturated rings. The van der Waals surface area contributed by atoms with Gasteiger partial charge in [-0.25, -0.2) is 0 Å². The lowest BCUT2D eigenvalue weighted by molar-refractivity contribution is -0.111. The van der Waals surface area contributed by atoms with E-state index in [1.54, 1.807) is 18.2 Å². The highest BCUT2D eigenvalue weighted by molar-refractivity contribution is 9.10. The molecule has 0 saturated carbocycles. The highest BCUT2D eigenvalue weighted by atomic mass is 79.9. The SMILES string of the molecule is Cc1cc(NC(=O)/C=C/c2ccc(N)cc2)cc(C)c1Br. The summed E-state index contributed by atoms with van der Waals surface area (Å²) in [5.74, 6) is -0.159. The Bertz CT molecular complexity index is 667. The predicted molar refractivity (Wildman–Crippen MR) is 92.1 cm³/mol. The number of nitrogens with two attached hydrogens (primary N) is 1. The van der Waals surface area contributed by atoms with Crippen LogP contribution in [0.4, 0.5) is 11.4 Å². The molecule has 0 unspecified atom stereocenters. The molecule has 21 heavy (non-hydrogen) atoms. The molecule has 0 heterocycles. The molecule has 2 aromatic carbocycles. The largest absolute Gasteiger partial charge is 0.399 e. The predicted octanol–water partition coefficient (Wildman–Crippen LogP) is 4.30. The van der Waals surface area contributed by atoms with Crippen molar-refractivity contribution >= 4 is 39.3 Å². The minimum absolute atomic E-state index is 0.159. The lowest BCUT2D eigenvalue weighted by Crippen LogP contribution is -2.08. The van der Waals surface area contributed by atoms with Gasteiger partial charge in [-0.1, -0.05) is 28.1 Å². The van der Waals surface area contributed by atoms with Crippen molar-refractivity contribution in [2.45, 2.75) is 13.8 Å². The fourth-order valence-corrected chi connectivity index (χ4v) is 2.21. The Balaban J connectivity index is 2.06. The fraction of sp³-hybridized carbons (Fsp3) is 0.118. The minimum atomic E-state index is -0.159. The maximum Gasteiger partial charge on any atom is 0.248 e. The van der Waals surface area contributed by atoms with Gasteiger partial charge < -0.3 is 11.1 Å². The summed E-state index contributed by atoms with van der Waals surface area (Å²) in [5.41, 5.74) is 10.2. The van der Waals surface area contributed by atoms with Crippen LogP contribution in [0, 0.1) is 13.8 Å². The Kier molecular flexibility index (Phi) is 4.81. The van der Waals surface area contributed by atoms with E-state index in [-0.39, 0.29) is 5.91 Å². The van der Waals surface area contributed by atoms with Gasteiger partial charge in [-0.15, -0.1) is 0 Å². The molecule has 4 heteroatoms. The van der Waals surface area contributed by atoms with Crippen LogP contribution in [0.1, 0.15) is 16.7 Å². The van der Waals surface area contributed by atoms with E-state index >= 15 is 0 Å². The van der Waals surface area contributed by atoms with E-state index < -0.39 is 0 Å². The number of hydrogen-bond acceptors (Lipinski definition) is 2. The molecule has 0 aromatic heterocycles. The van der Waals surface area contributed by atoms with Crippen LogP contribution >= 0.6 is 15.9 Å². The molecule has 1 amide bonds. The van der Waals surface area contributed by atoms with Crippen LogP contribution in [0.5, 0.6) is 0 Å². The maximum absolute atomic E-state index is 11.9. The average Bonchev–Trinajstić information content (AvgIpc) is 2.44. The van der Waals surface area contributed by atoms with Crippen molar-refractivity contribution < 1.29 is 4.79 Å². The molecular weight excluding hydrogens is 328 g/mol. The Morgan fingerprint density at radius 2 is 1.71 bits per heavy atom. The van der Waals surface area contributed by atoms with Crippen molar-refractivity contribution in [1.29, 1.82) is 0 Å². The summed E-state index contributed by atoms with van der Waals surface area (Å²) in [6.07, 6.45) is 3.27. The first-order valence-electron chi connectivity index (χ1n) is 6.57. The molecule has 3 nitrogen and oxygen atoms in total. The second-order valence-electron chi connectivity index (χ2n) is 4.91. The van der Waals surface area contributed by atoms with E-state index in [2.05, 4.69) is 21.2 Å². The Labute approximate surface area is 133 Å². The van der Waals surface area contributed by atoms with Gasteiger partial charge in [-0.05, 0) is 60.9 Å². The summed E-state index contributed by atoms with van der Waals surface area (Å²) in [4.78, 5) is 11.9. The van der Waals surface area contributed by atoms with Crippen LogP contribution in [0.2, 0.25) is 0 Å². The third-order valence-corrected chi connectivity index (χ3v) is 4.32. The molecule has 108 valence electrons. The van der Waals surface area contributed by atoms with Crippen molar-refractivity contribution in [2.75, 3.05) is 11.1 Å². The number of rotatable bonds is 3. The van der Waals surface area contributed by atoms with Crippen LogP contribution in [0.3, 0.4) is 0 Å². The molecule has 0 spiro atoms. The smallest absolute Gasteiger partial charge is 0.248 e. The van der Waals surface area contributed by atoms with E-state index in [1.807, 2.05) is 38.1 Å². The zero-order valence-electron chi connectivity index (χ0n) is 12.0. The van der Waals surface area contributed by atoms with Gasteiger partial charge in [0, 0.05) is 21.9 Å². The van der Waals surface area contributed by atoms with Gasteiger partial charge in [-0.2, -0.15) is 0 Å². The summed E-state index contributed by atoms with van der Waals surface area (Å²) < 4.78 is 1.07. The number of nitrogen functional groups attached to an aromatic ring is 1. The van der Waals surface area contributed by atoms with E-state index in [0.717, 1.165) is 26.9 Å². The minimum Gasteiger partial charge on any atom is -0.399 e. The third-order valence-electron chi connectivity index (χ3n) is 3.07. The summed E-state index contributed by atoms with van der Waals surface area (Å²) in [6, 6.07) is 11.2. The van der Waals surface area contributed by atoms with Crippen LogP contribution in [0.25, 0.3) is 6.08 Å². The number of aryl methyl sites for hydroxylation is 2. The van der Waals surface area contributed by atoms with Gasteiger partial charge in [0.15, 0.2) is 0 Å². The van der Waals surface area contributed by atoms with E-state index in [9.17, 15) is 4.79 Å². The molecule has 0 radical (unpaired) electrons. The summed E-state index contributed by atoms with van der Waals surface area (Å²) in [6.45, 7) is 3.99. The lowest BCUT2D eigenvalue weighted by atomic mass is 10.1. The molecule has 0 atom stereocenters. The van der Waals surface area contributed by atoms with Gasteiger partial charge in [0.2, 0.25) is 5.91 Å². The molecule has 0 aliphatic heterocycles. The number of hydrogen-bond donors (Lipinski definition) is 2. The number of halogens is 1. The van der Waals surface area contributed by atoms with Crippen molar-refractivity contribution in [3.63, 3.8) is 0 Å².